The van der Waals surface area contributed by atoms with E-state index >= 15 is 0 Å². The highest BCUT2D eigenvalue weighted by atomic mass is 35.5. The molecule has 0 unspecified atom stereocenters. The lowest BCUT2D eigenvalue weighted by atomic mass is 10.3. The van der Waals surface area contributed by atoms with Gasteiger partial charge in [0.15, 0.2) is 5.82 Å². The van der Waals surface area contributed by atoms with Crippen molar-refractivity contribution in [1.29, 1.82) is 0 Å². The first kappa shape index (κ1) is 13.1. The third kappa shape index (κ3) is 2.91. The summed E-state index contributed by atoms with van der Waals surface area (Å²) in [6.45, 7) is -2.77. The Morgan fingerprint density at radius 3 is 2.83 bits per heavy atom. The molecule has 2 aromatic rings. The molecule has 0 aliphatic carbocycles. The molecule has 0 radical (unpaired) electrons. The number of halogens is 4. The molecular weight excluding hydrogens is 285 g/mol. The highest BCUT2D eigenvalue weighted by molar-refractivity contribution is 6.34. The molecule has 1 aromatic carbocycles. The maximum Gasteiger partial charge on any atom is 0.320 e. The van der Waals surface area contributed by atoms with E-state index in [1.807, 2.05) is 0 Å². The number of hydrogen-bond acceptors (Lipinski definition) is 2. The van der Waals surface area contributed by atoms with Gasteiger partial charge in [0.05, 0.1) is 5.02 Å². The number of aromatic nitrogens is 2. The van der Waals surface area contributed by atoms with Crippen molar-refractivity contribution in [3.05, 3.63) is 46.5 Å². The summed E-state index contributed by atoms with van der Waals surface area (Å²) in [6, 6.07) is 4.69. The van der Waals surface area contributed by atoms with Crippen LogP contribution in [0.1, 0.15) is 12.4 Å². The number of rotatable bonds is 4. The summed E-state index contributed by atoms with van der Waals surface area (Å²) in [5.74, 6) is 0.439. The average molecular weight is 293 g/mol. The van der Waals surface area contributed by atoms with E-state index in [0.29, 0.717) is 15.8 Å². The Labute approximate surface area is 112 Å². The summed E-state index contributed by atoms with van der Waals surface area (Å²) < 4.78 is 31.1. The molecule has 0 aliphatic rings. The van der Waals surface area contributed by atoms with Gasteiger partial charge in [-0.2, -0.15) is 8.78 Å². The molecule has 0 saturated carbocycles. The fraction of sp³-hybridized carbons (Fsp3) is 0.182. The molecular formula is C11H8Cl2F2N2O. The lowest BCUT2D eigenvalue weighted by Gasteiger charge is -2.09. The van der Waals surface area contributed by atoms with Crippen LogP contribution >= 0.6 is 23.2 Å². The number of nitrogens with zero attached hydrogens (tertiary/aromatic N) is 2. The standard InChI is InChI=1S/C11H8Cl2F2N2O/c12-7-1-2-8(13)9(5-7)18-6-10-16-3-4-17(10)11(14)15/h1-5,11H,6H2. The Balaban J connectivity index is 2.11. The monoisotopic (exact) mass is 292 g/mol. The molecule has 1 heterocycles. The second-order valence-corrected chi connectivity index (χ2v) is 4.24. The Kier molecular flexibility index (Phi) is 4.04. The molecule has 0 aliphatic heterocycles. The first-order valence-electron chi connectivity index (χ1n) is 4.95. The quantitative estimate of drug-likeness (QED) is 0.846. The smallest absolute Gasteiger partial charge is 0.320 e. The minimum Gasteiger partial charge on any atom is -0.484 e. The van der Waals surface area contributed by atoms with E-state index < -0.39 is 6.55 Å². The largest absolute Gasteiger partial charge is 0.484 e. The Hall–Kier alpha value is -1.33. The van der Waals surface area contributed by atoms with Crippen LogP contribution in [0.2, 0.25) is 10.0 Å². The second kappa shape index (κ2) is 5.54. The highest BCUT2D eigenvalue weighted by Crippen LogP contribution is 2.28. The van der Waals surface area contributed by atoms with Crippen molar-refractivity contribution in [1.82, 2.24) is 9.55 Å². The first-order chi connectivity index (χ1) is 8.58. The van der Waals surface area contributed by atoms with Crippen molar-refractivity contribution in [2.45, 2.75) is 13.2 Å². The van der Waals surface area contributed by atoms with Gasteiger partial charge in [0.1, 0.15) is 12.4 Å². The van der Waals surface area contributed by atoms with E-state index in [2.05, 4.69) is 4.98 Å². The minimum absolute atomic E-state index is 0.112. The van der Waals surface area contributed by atoms with Crippen molar-refractivity contribution in [3.63, 3.8) is 0 Å². The maximum absolute atomic E-state index is 12.6. The summed E-state index contributed by atoms with van der Waals surface area (Å²) in [4.78, 5) is 3.79. The van der Waals surface area contributed by atoms with E-state index in [1.54, 1.807) is 12.1 Å². The van der Waals surface area contributed by atoms with Gasteiger partial charge in [0.25, 0.3) is 0 Å². The van der Waals surface area contributed by atoms with E-state index in [4.69, 9.17) is 27.9 Å². The molecule has 0 fully saturated rings. The Bertz CT molecular complexity index is 546. The van der Waals surface area contributed by atoms with Gasteiger partial charge in [-0.05, 0) is 12.1 Å². The van der Waals surface area contributed by atoms with Crippen LogP contribution in [0.15, 0.2) is 30.6 Å². The van der Waals surface area contributed by atoms with Crippen LogP contribution in [-0.2, 0) is 6.61 Å². The molecule has 3 nitrogen and oxygen atoms in total. The molecule has 0 bridgehead atoms. The third-order valence-electron chi connectivity index (χ3n) is 2.21. The van der Waals surface area contributed by atoms with Crippen LogP contribution in [-0.4, -0.2) is 9.55 Å². The predicted molar refractivity (Wildman–Crippen MR) is 64.3 cm³/mol. The molecule has 96 valence electrons. The summed E-state index contributed by atoms with van der Waals surface area (Å²) >= 11 is 11.7. The molecule has 2 rings (SSSR count). The van der Waals surface area contributed by atoms with Gasteiger partial charge >= 0.3 is 6.55 Å². The number of hydrogen-bond donors (Lipinski definition) is 0. The van der Waals surface area contributed by atoms with Gasteiger partial charge in [0, 0.05) is 23.5 Å². The number of benzene rings is 1. The average Bonchev–Trinajstić information content (AvgIpc) is 2.79. The summed E-state index contributed by atoms with van der Waals surface area (Å²) in [5.41, 5.74) is 0. The molecule has 0 spiro atoms. The highest BCUT2D eigenvalue weighted by Gasteiger charge is 2.12. The van der Waals surface area contributed by atoms with Crippen LogP contribution in [0, 0.1) is 0 Å². The number of imidazole rings is 1. The van der Waals surface area contributed by atoms with E-state index in [0.717, 1.165) is 4.57 Å². The van der Waals surface area contributed by atoms with Crippen molar-refractivity contribution in [2.75, 3.05) is 0 Å². The van der Waals surface area contributed by atoms with E-state index in [9.17, 15) is 8.78 Å². The predicted octanol–water partition coefficient (Wildman–Crippen LogP) is 4.16. The number of ether oxygens (including phenoxy) is 1. The van der Waals surface area contributed by atoms with Gasteiger partial charge in [-0.25, -0.2) is 4.98 Å². The van der Waals surface area contributed by atoms with E-state index in [-0.39, 0.29) is 12.4 Å². The van der Waals surface area contributed by atoms with Gasteiger partial charge in [-0.15, -0.1) is 0 Å². The van der Waals surface area contributed by atoms with Crippen molar-refractivity contribution >= 4 is 23.2 Å². The maximum atomic E-state index is 12.6. The van der Waals surface area contributed by atoms with Gasteiger partial charge in [-0.1, -0.05) is 23.2 Å². The molecule has 0 saturated heterocycles. The molecule has 7 heteroatoms. The first-order valence-corrected chi connectivity index (χ1v) is 5.71. The summed E-state index contributed by atoms with van der Waals surface area (Å²) in [7, 11) is 0. The van der Waals surface area contributed by atoms with Gasteiger partial charge in [0.2, 0.25) is 0 Å². The normalized spacial score (nSPS) is 10.9. The summed E-state index contributed by atoms with van der Waals surface area (Å²) in [6.07, 6.45) is 2.47. The SMILES string of the molecule is FC(F)n1ccnc1COc1cc(Cl)ccc1Cl. The molecule has 1 aromatic heterocycles. The van der Waals surface area contributed by atoms with Crippen LogP contribution < -0.4 is 4.74 Å². The third-order valence-corrected chi connectivity index (χ3v) is 2.76. The van der Waals surface area contributed by atoms with Gasteiger partial charge in [-0.3, -0.25) is 4.57 Å². The lowest BCUT2D eigenvalue weighted by molar-refractivity contribution is 0.0632. The van der Waals surface area contributed by atoms with Crippen LogP contribution in [0.5, 0.6) is 5.75 Å². The molecule has 18 heavy (non-hydrogen) atoms. The number of alkyl halides is 2. The van der Waals surface area contributed by atoms with Crippen molar-refractivity contribution < 1.29 is 13.5 Å². The fourth-order valence-corrected chi connectivity index (χ4v) is 1.70. The molecule has 0 amide bonds. The van der Waals surface area contributed by atoms with Crippen molar-refractivity contribution in [2.24, 2.45) is 0 Å². The Morgan fingerprint density at radius 2 is 2.11 bits per heavy atom. The van der Waals surface area contributed by atoms with Crippen molar-refractivity contribution in [3.8, 4) is 5.75 Å². The van der Waals surface area contributed by atoms with Crippen LogP contribution in [0.3, 0.4) is 0 Å². The van der Waals surface area contributed by atoms with Crippen LogP contribution in [0.25, 0.3) is 0 Å². The van der Waals surface area contributed by atoms with Gasteiger partial charge < -0.3 is 4.74 Å². The van der Waals surface area contributed by atoms with E-state index in [1.165, 1.54) is 18.5 Å². The zero-order valence-corrected chi connectivity index (χ0v) is 10.5. The second-order valence-electron chi connectivity index (χ2n) is 3.39. The molecule has 0 N–H and O–H groups in total. The Morgan fingerprint density at radius 1 is 1.33 bits per heavy atom. The summed E-state index contributed by atoms with van der Waals surface area (Å²) in [5, 5.41) is 0.807. The topological polar surface area (TPSA) is 27.1 Å². The minimum atomic E-state index is -2.65. The fourth-order valence-electron chi connectivity index (χ4n) is 1.36. The molecule has 0 atom stereocenters. The zero-order valence-electron chi connectivity index (χ0n) is 8.99. The van der Waals surface area contributed by atoms with Crippen LogP contribution in [0.4, 0.5) is 8.78 Å². The zero-order chi connectivity index (χ0) is 13.1. The lowest BCUT2D eigenvalue weighted by Crippen LogP contribution is -2.07.